The number of anilines is 2. The lowest BCUT2D eigenvalue weighted by Gasteiger charge is -2.25. The van der Waals surface area contributed by atoms with Crippen LogP contribution in [0, 0.1) is 6.92 Å². The minimum atomic E-state index is -3.93. The average Bonchev–Trinajstić information content (AvgIpc) is 2.67. The third-order valence-electron chi connectivity index (χ3n) is 4.11. The molecule has 0 radical (unpaired) electrons. The van der Waals surface area contributed by atoms with Gasteiger partial charge in [-0.25, -0.2) is 8.42 Å². The lowest BCUT2D eigenvalue weighted by molar-refractivity contribution is -0.114. The lowest BCUT2D eigenvalue weighted by Crippen LogP contribution is -2.38. The number of para-hydroxylation sites is 1. The van der Waals surface area contributed by atoms with Crippen molar-refractivity contribution in [3.8, 4) is 0 Å². The van der Waals surface area contributed by atoms with Gasteiger partial charge in [-0.1, -0.05) is 54.1 Å². The quantitative estimate of drug-likeness (QED) is 0.646. The number of rotatable bonds is 6. The Bertz CT molecular complexity index is 1090. The number of nitrogens with zero attached hydrogens (tertiary/aromatic N) is 1. The summed E-state index contributed by atoms with van der Waals surface area (Å²) >= 11 is 5.95. The largest absolute Gasteiger partial charge is 0.324 e. The molecule has 0 saturated heterocycles. The molecule has 3 rings (SSSR count). The summed E-state index contributed by atoms with van der Waals surface area (Å²) in [5.41, 5.74) is 1.70. The number of halogens is 1. The van der Waals surface area contributed by atoms with Crippen molar-refractivity contribution >= 4 is 38.9 Å². The van der Waals surface area contributed by atoms with Crippen LogP contribution in [0.4, 0.5) is 11.4 Å². The number of carbonyl (C=O) groups excluding carboxylic acids is 1. The molecule has 0 aliphatic carbocycles. The van der Waals surface area contributed by atoms with Crippen molar-refractivity contribution in [3.63, 3.8) is 0 Å². The summed E-state index contributed by atoms with van der Waals surface area (Å²) in [6.07, 6.45) is 0. The second-order valence-electron chi connectivity index (χ2n) is 6.17. The topological polar surface area (TPSA) is 66.5 Å². The molecule has 1 N–H and O–H groups in total. The monoisotopic (exact) mass is 414 g/mol. The Balaban J connectivity index is 1.95. The SMILES string of the molecule is Cc1ccccc1N(CC(=O)Nc1cccc(Cl)c1)S(=O)(=O)c1ccccc1. The van der Waals surface area contributed by atoms with Crippen molar-refractivity contribution in [3.05, 3.63) is 89.4 Å². The highest BCUT2D eigenvalue weighted by molar-refractivity contribution is 7.92. The van der Waals surface area contributed by atoms with Crippen molar-refractivity contribution in [2.24, 2.45) is 0 Å². The van der Waals surface area contributed by atoms with Crippen LogP contribution in [0.2, 0.25) is 5.02 Å². The van der Waals surface area contributed by atoms with Crippen molar-refractivity contribution < 1.29 is 13.2 Å². The predicted molar refractivity (Wildman–Crippen MR) is 112 cm³/mol. The number of aryl methyl sites for hydroxylation is 1. The first-order valence-corrected chi connectivity index (χ1v) is 10.4. The van der Waals surface area contributed by atoms with Crippen LogP contribution in [0.1, 0.15) is 5.56 Å². The second-order valence-corrected chi connectivity index (χ2v) is 8.47. The first kappa shape index (κ1) is 19.9. The Hall–Kier alpha value is -2.83. The molecule has 0 aliphatic rings. The van der Waals surface area contributed by atoms with E-state index < -0.39 is 15.9 Å². The summed E-state index contributed by atoms with van der Waals surface area (Å²) in [7, 11) is -3.93. The predicted octanol–water partition coefficient (Wildman–Crippen LogP) is 4.48. The summed E-state index contributed by atoms with van der Waals surface area (Å²) in [6.45, 7) is 1.44. The Morgan fingerprint density at radius 3 is 2.32 bits per heavy atom. The number of hydrogen-bond acceptors (Lipinski definition) is 3. The molecule has 5 nitrogen and oxygen atoms in total. The zero-order chi connectivity index (χ0) is 20.1. The third-order valence-corrected chi connectivity index (χ3v) is 6.12. The van der Waals surface area contributed by atoms with E-state index in [1.807, 2.05) is 6.07 Å². The molecule has 0 spiro atoms. The van der Waals surface area contributed by atoms with Gasteiger partial charge >= 0.3 is 0 Å². The van der Waals surface area contributed by atoms with E-state index in [9.17, 15) is 13.2 Å². The van der Waals surface area contributed by atoms with Gasteiger partial charge in [0.2, 0.25) is 5.91 Å². The molecule has 0 aromatic heterocycles. The maximum Gasteiger partial charge on any atom is 0.264 e. The molecule has 3 aromatic rings. The summed E-state index contributed by atoms with van der Waals surface area (Å²) in [5, 5.41) is 3.17. The van der Waals surface area contributed by atoms with Gasteiger partial charge in [-0.3, -0.25) is 9.10 Å². The van der Waals surface area contributed by atoms with Gasteiger partial charge in [-0.05, 0) is 48.9 Å². The van der Waals surface area contributed by atoms with E-state index in [1.165, 1.54) is 12.1 Å². The number of hydrogen-bond donors (Lipinski definition) is 1. The van der Waals surface area contributed by atoms with Gasteiger partial charge in [0.1, 0.15) is 6.54 Å². The normalized spacial score (nSPS) is 11.1. The first-order chi connectivity index (χ1) is 13.4. The van der Waals surface area contributed by atoms with Crippen LogP contribution in [0.5, 0.6) is 0 Å². The summed E-state index contributed by atoms with van der Waals surface area (Å²) in [4.78, 5) is 12.8. The van der Waals surface area contributed by atoms with Gasteiger partial charge in [0.15, 0.2) is 0 Å². The molecular formula is C21H19ClN2O3S. The number of amides is 1. The standard InChI is InChI=1S/C21H19ClN2O3S/c1-16-8-5-6-13-20(16)24(28(26,27)19-11-3-2-4-12-19)15-21(25)23-18-10-7-9-17(22)14-18/h2-14H,15H2,1H3,(H,23,25). The highest BCUT2D eigenvalue weighted by Crippen LogP contribution is 2.26. The molecule has 28 heavy (non-hydrogen) atoms. The van der Waals surface area contributed by atoms with Gasteiger partial charge in [0.25, 0.3) is 10.0 Å². The van der Waals surface area contributed by atoms with Crippen LogP contribution in [0.25, 0.3) is 0 Å². The lowest BCUT2D eigenvalue weighted by atomic mass is 10.2. The van der Waals surface area contributed by atoms with Crippen LogP contribution in [-0.4, -0.2) is 20.9 Å². The smallest absolute Gasteiger partial charge is 0.264 e. The fourth-order valence-corrected chi connectivity index (χ4v) is 4.46. The zero-order valence-electron chi connectivity index (χ0n) is 15.2. The van der Waals surface area contributed by atoms with Crippen LogP contribution >= 0.6 is 11.6 Å². The Kier molecular flexibility index (Phi) is 6.02. The van der Waals surface area contributed by atoms with Gasteiger partial charge in [-0.2, -0.15) is 0 Å². The van der Waals surface area contributed by atoms with E-state index >= 15 is 0 Å². The van der Waals surface area contributed by atoms with E-state index in [1.54, 1.807) is 67.6 Å². The van der Waals surface area contributed by atoms with Gasteiger partial charge in [0, 0.05) is 10.7 Å². The van der Waals surface area contributed by atoms with Crippen LogP contribution < -0.4 is 9.62 Å². The minimum absolute atomic E-state index is 0.119. The fraction of sp³-hybridized carbons (Fsp3) is 0.0952. The van der Waals surface area contributed by atoms with Gasteiger partial charge < -0.3 is 5.32 Å². The van der Waals surface area contributed by atoms with Crippen molar-refractivity contribution in [2.75, 3.05) is 16.2 Å². The molecule has 1 amide bonds. The van der Waals surface area contributed by atoms with Crippen LogP contribution in [-0.2, 0) is 14.8 Å². The number of sulfonamides is 1. The molecule has 0 unspecified atom stereocenters. The Labute approximate surface area is 169 Å². The highest BCUT2D eigenvalue weighted by atomic mass is 35.5. The van der Waals surface area contributed by atoms with E-state index in [-0.39, 0.29) is 11.4 Å². The average molecular weight is 415 g/mol. The van der Waals surface area contributed by atoms with Gasteiger partial charge in [-0.15, -0.1) is 0 Å². The number of carbonyl (C=O) groups is 1. The van der Waals surface area contributed by atoms with E-state index in [4.69, 9.17) is 11.6 Å². The Morgan fingerprint density at radius 2 is 1.64 bits per heavy atom. The second kappa shape index (κ2) is 8.46. The first-order valence-electron chi connectivity index (χ1n) is 8.57. The number of nitrogens with one attached hydrogen (secondary N) is 1. The van der Waals surface area contributed by atoms with Crippen LogP contribution in [0.15, 0.2) is 83.8 Å². The molecule has 0 aliphatic heterocycles. The molecule has 0 atom stereocenters. The highest BCUT2D eigenvalue weighted by Gasteiger charge is 2.28. The Morgan fingerprint density at radius 1 is 0.964 bits per heavy atom. The van der Waals surface area contributed by atoms with Crippen molar-refractivity contribution in [2.45, 2.75) is 11.8 Å². The van der Waals surface area contributed by atoms with E-state index in [0.29, 0.717) is 16.4 Å². The molecule has 0 heterocycles. The van der Waals surface area contributed by atoms with Crippen LogP contribution in [0.3, 0.4) is 0 Å². The maximum atomic E-state index is 13.3. The minimum Gasteiger partial charge on any atom is -0.324 e. The summed E-state index contributed by atoms with van der Waals surface area (Å²) in [5.74, 6) is -0.468. The molecule has 0 saturated carbocycles. The molecular weight excluding hydrogens is 396 g/mol. The molecule has 144 valence electrons. The third kappa shape index (κ3) is 4.52. The van der Waals surface area contributed by atoms with E-state index in [2.05, 4.69) is 5.32 Å². The van der Waals surface area contributed by atoms with Crippen molar-refractivity contribution in [1.82, 2.24) is 0 Å². The van der Waals surface area contributed by atoms with Gasteiger partial charge in [0.05, 0.1) is 10.6 Å². The molecule has 3 aromatic carbocycles. The molecule has 0 fully saturated rings. The van der Waals surface area contributed by atoms with Crippen molar-refractivity contribution in [1.29, 1.82) is 0 Å². The number of benzene rings is 3. The molecule has 7 heteroatoms. The maximum absolute atomic E-state index is 13.3. The fourth-order valence-electron chi connectivity index (χ4n) is 2.76. The summed E-state index contributed by atoms with van der Waals surface area (Å²) in [6, 6.07) is 21.8. The zero-order valence-corrected chi connectivity index (χ0v) is 16.7. The molecule has 0 bridgehead atoms. The van der Waals surface area contributed by atoms with E-state index in [0.717, 1.165) is 9.87 Å². The summed E-state index contributed by atoms with van der Waals surface area (Å²) < 4.78 is 27.6.